The van der Waals surface area contributed by atoms with Gasteiger partial charge in [0.15, 0.2) is 0 Å². The van der Waals surface area contributed by atoms with Gasteiger partial charge in [-0.2, -0.15) is 0 Å². The molecule has 0 fully saturated rings. The number of hydrogen-bond donors (Lipinski definition) is 3. The van der Waals surface area contributed by atoms with Gasteiger partial charge < -0.3 is 16.4 Å². The summed E-state index contributed by atoms with van der Waals surface area (Å²) in [6, 6.07) is 17.3. The van der Waals surface area contributed by atoms with Crippen molar-refractivity contribution in [3.05, 3.63) is 77.5 Å². The zero-order valence-corrected chi connectivity index (χ0v) is 24.1. The van der Waals surface area contributed by atoms with Crippen LogP contribution in [0.25, 0.3) is 22.0 Å². The molecule has 4 rings (SSSR count). The number of likely N-dealkylation sites (N-methyl/N-ethyl adjacent to an activating group) is 1. The highest BCUT2D eigenvalue weighted by atomic mass is 16.2. The van der Waals surface area contributed by atoms with Crippen molar-refractivity contribution < 1.29 is 9.59 Å². The van der Waals surface area contributed by atoms with E-state index in [-0.39, 0.29) is 29.7 Å². The molecular formula is C32H38N6O2. The predicted molar refractivity (Wildman–Crippen MR) is 164 cm³/mol. The Balaban J connectivity index is 1.65. The average molecular weight is 539 g/mol. The first kappa shape index (κ1) is 28.7. The van der Waals surface area contributed by atoms with E-state index in [2.05, 4.69) is 41.4 Å². The Morgan fingerprint density at radius 3 is 2.38 bits per heavy atom. The Bertz CT molecular complexity index is 1550. The van der Waals surface area contributed by atoms with Crippen LogP contribution in [0, 0.1) is 6.92 Å². The molecule has 2 amide bonds. The van der Waals surface area contributed by atoms with Crippen molar-refractivity contribution in [3.63, 3.8) is 0 Å². The van der Waals surface area contributed by atoms with Crippen molar-refractivity contribution >= 4 is 40.0 Å². The number of carbonyl (C=O) groups is 2. The van der Waals surface area contributed by atoms with E-state index in [0.29, 0.717) is 16.9 Å². The topological polar surface area (TPSA) is 113 Å². The fourth-order valence-electron chi connectivity index (χ4n) is 4.55. The molecule has 0 saturated heterocycles. The minimum absolute atomic E-state index is 0.123. The van der Waals surface area contributed by atoms with Gasteiger partial charge in [-0.1, -0.05) is 52.8 Å². The van der Waals surface area contributed by atoms with E-state index >= 15 is 0 Å². The standard InChI is InChI=1S/C32H38N6O2/c1-7-38(8-2)19-29(39)35-27-14-12-24(32(4,5)6)17-28(27)36-30(40)22-10-9-20(3)25(16-22)21-11-13-26-23(15-21)18-34-31(33)37-26/h9-18H,7-8,19H2,1-6H3,(H,35,39)(H,36,40)(H2,33,34,37). The molecule has 3 aromatic carbocycles. The SMILES string of the molecule is CCN(CC)CC(=O)Nc1ccc(C(C)(C)C)cc1NC(=O)c1ccc(C)c(-c2ccc3nc(N)ncc3c2)c1. The van der Waals surface area contributed by atoms with Crippen LogP contribution in [0.4, 0.5) is 17.3 Å². The third-order valence-corrected chi connectivity index (χ3v) is 7.08. The Hall–Kier alpha value is -4.30. The lowest BCUT2D eigenvalue weighted by Crippen LogP contribution is -2.33. The summed E-state index contributed by atoms with van der Waals surface area (Å²) in [5.41, 5.74) is 12.0. The first-order valence-electron chi connectivity index (χ1n) is 13.6. The highest BCUT2D eigenvalue weighted by molar-refractivity contribution is 6.08. The molecule has 1 aromatic heterocycles. The Labute approximate surface area is 236 Å². The maximum Gasteiger partial charge on any atom is 0.255 e. The summed E-state index contributed by atoms with van der Waals surface area (Å²) >= 11 is 0. The molecule has 40 heavy (non-hydrogen) atoms. The molecule has 0 saturated carbocycles. The average Bonchev–Trinajstić information content (AvgIpc) is 2.92. The molecule has 8 heteroatoms. The highest BCUT2D eigenvalue weighted by Crippen LogP contribution is 2.32. The van der Waals surface area contributed by atoms with E-state index < -0.39 is 0 Å². The second-order valence-electron chi connectivity index (χ2n) is 11.0. The van der Waals surface area contributed by atoms with Crippen molar-refractivity contribution in [1.82, 2.24) is 14.9 Å². The lowest BCUT2D eigenvalue weighted by molar-refractivity contribution is -0.117. The number of rotatable bonds is 8. The van der Waals surface area contributed by atoms with Crippen molar-refractivity contribution in [2.75, 3.05) is 36.0 Å². The molecule has 0 unspecified atom stereocenters. The third-order valence-electron chi connectivity index (χ3n) is 7.08. The van der Waals surface area contributed by atoms with Crippen molar-refractivity contribution in [3.8, 4) is 11.1 Å². The number of hydrogen-bond acceptors (Lipinski definition) is 6. The van der Waals surface area contributed by atoms with Crippen LogP contribution in [0.15, 0.2) is 60.8 Å². The second-order valence-corrected chi connectivity index (χ2v) is 11.0. The van der Waals surface area contributed by atoms with Gasteiger partial charge in [0.05, 0.1) is 23.4 Å². The van der Waals surface area contributed by atoms with Crippen LogP contribution in [0.5, 0.6) is 0 Å². The van der Waals surface area contributed by atoms with E-state index in [1.54, 1.807) is 6.20 Å². The van der Waals surface area contributed by atoms with Gasteiger partial charge in [-0.05, 0) is 84.1 Å². The molecule has 0 bridgehead atoms. The summed E-state index contributed by atoms with van der Waals surface area (Å²) in [4.78, 5) is 36.8. The van der Waals surface area contributed by atoms with E-state index in [4.69, 9.17) is 5.73 Å². The molecule has 0 aliphatic rings. The van der Waals surface area contributed by atoms with Crippen LogP contribution in [-0.4, -0.2) is 46.3 Å². The number of nitrogens with two attached hydrogens (primary N) is 1. The smallest absolute Gasteiger partial charge is 0.255 e. The predicted octanol–water partition coefficient (Wildman–Crippen LogP) is 6.02. The normalized spacial score (nSPS) is 11.6. The van der Waals surface area contributed by atoms with Gasteiger partial charge in [-0.15, -0.1) is 0 Å². The monoisotopic (exact) mass is 538 g/mol. The van der Waals surface area contributed by atoms with E-state index in [1.807, 2.05) is 80.3 Å². The molecule has 0 spiro atoms. The Morgan fingerprint density at radius 2 is 1.68 bits per heavy atom. The van der Waals surface area contributed by atoms with Gasteiger partial charge in [-0.3, -0.25) is 14.5 Å². The summed E-state index contributed by atoms with van der Waals surface area (Å²) in [6.45, 7) is 14.2. The van der Waals surface area contributed by atoms with Gasteiger partial charge in [0, 0.05) is 17.1 Å². The molecular weight excluding hydrogens is 500 g/mol. The zero-order chi connectivity index (χ0) is 29.0. The minimum Gasteiger partial charge on any atom is -0.368 e. The lowest BCUT2D eigenvalue weighted by atomic mass is 9.86. The van der Waals surface area contributed by atoms with Crippen LogP contribution in [0.1, 0.15) is 56.1 Å². The summed E-state index contributed by atoms with van der Waals surface area (Å²) in [5, 5.41) is 6.92. The number of nitrogens with one attached hydrogen (secondary N) is 2. The van der Waals surface area contributed by atoms with Crippen molar-refractivity contribution in [2.24, 2.45) is 0 Å². The number of fused-ring (bicyclic) bond motifs is 1. The van der Waals surface area contributed by atoms with Gasteiger partial charge in [0.2, 0.25) is 11.9 Å². The van der Waals surface area contributed by atoms with Crippen LogP contribution >= 0.6 is 0 Å². The van der Waals surface area contributed by atoms with E-state index in [1.165, 1.54) is 0 Å². The number of carbonyl (C=O) groups excluding carboxylic acids is 2. The molecule has 1 heterocycles. The summed E-state index contributed by atoms with van der Waals surface area (Å²) < 4.78 is 0. The largest absolute Gasteiger partial charge is 0.368 e. The van der Waals surface area contributed by atoms with E-state index in [0.717, 1.165) is 46.2 Å². The van der Waals surface area contributed by atoms with Crippen LogP contribution in [0.3, 0.4) is 0 Å². The fraction of sp³-hybridized carbons (Fsp3) is 0.312. The maximum atomic E-state index is 13.6. The van der Waals surface area contributed by atoms with Crippen LogP contribution in [-0.2, 0) is 10.2 Å². The van der Waals surface area contributed by atoms with Crippen LogP contribution in [0.2, 0.25) is 0 Å². The van der Waals surface area contributed by atoms with E-state index in [9.17, 15) is 9.59 Å². The van der Waals surface area contributed by atoms with Crippen molar-refractivity contribution in [2.45, 2.75) is 47.0 Å². The molecule has 0 radical (unpaired) electrons. The molecule has 208 valence electrons. The van der Waals surface area contributed by atoms with Crippen LogP contribution < -0.4 is 16.4 Å². The number of amides is 2. The minimum atomic E-state index is -0.261. The van der Waals surface area contributed by atoms with Gasteiger partial charge in [0.1, 0.15) is 0 Å². The summed E-state index contributed by atoms with van der Waals surface area (Å²) in [7, 11) is 0. The van der Waals surface area contributed by atoms with Crippen molar-refractivity contribution in [1.29, 1.82) is 0 Å². The van der Waals surface area contributed by atoms with Gasteiger partial charge in [-0.25, -0.2) is 9.97 Å². The number of nitrogens with zero attached hydrogens (tertiary/aromatic N) is 3. The summed E-state index contributed by atoms with van der Waals surface area (Å²) in [6.07, 6.45) is 1.70. The number of aryl methyl sites for hydroxylation is 1. The number of aromatic nitrogens is 2. The first-order valence-corrected chi connectivity index (χ1v) is 13.6. The number of benzene rings is 3. The molecule has 8 nitrogen and oxygen atoms in total. The molecule has 4 aromatic rings. The molecule has 0 aliphatic heterocycles. The van der Waals surface area contributed by atoms with Gasteiger partial charge in [0.25, 0.3) is 5.91 Å². The van der Waals surface area contributed by atoms with Gasteiger partial charge >= 0.3 is 0 Å². The summed E-state index contributed by atoms with van der Waals surface area (Å²) in [5.74, 6) is -0.153. The Kier molecular flexibility index (Phi) is 8.49. The highest BCUT2D eigenvalue weighted by Gasteiger charge is 2.19. The zero-order valence-electron chi connectivity index (χ0n) is 24.1. The number of nitrogen functional groups attached to an aromatic ring is 1. The Morgan fingerprint density at radius 1 is 0.925 bits per heavy atom. The third kappa shape index (κ3) is 6.63. The maximum absolute atomic E-state index is 13.6. The molecule has 0 atom stereocenters. The lowest BCUT2D eigenvalue weighted by Gasteiger charge is -2.23. The number of anilines is 3. The molecule has 4 N–H and O–H groups in total. The quantitative estimate of drug-likeness (QED) is 0.253. The second kappa shape index (κ2) is 11.8. The fourth-order valence-corrected chi connectivity index (χ4v) is 4.55. The first-order chi connectivity index (χ1) is 19.0. The molecule has 0 aliphatic carbocycles.